The van der Waals surface area contributed by atoms with Gasteiger partial charge in [0.1, 0.15) is 6.10 Å². The van der Waals surface area contributed by atoms with Gasteiger partial charge in [-0.15, -0.1) is 0 Å². The first-order chi connectivity index (χ1) is 14.1. The van der Waals surface area contributed by atoms with Crippen molar-refractivity contribution in [2.45, 2.75) is 51.7 Å². The molecule has 3 aliphatic rings. The third-order valence-electron chi connectivity index (χ3n) is 8.15. The number of Topliss-reactive ketones (excluding diaryl/α,β-unsaturated/α-hetero) is 1. The Bertz CT molecular complexity index is 848. The number of nitrogens with zero attached hydrogens (tertiary/aromatic N) is 1. The minimum Gasteiger partial charge on any atom is -0.472 e. The van der Waals surface area contributed by atoms with Gasteiger partial charge in [-0.25, -0.2) is 0 Å². The van der Waals surface area contributed by atoms with Crippen LogP contribution in [0.5, 0.6) is 0 Å². The van der Waals surface area contributed by atoms with Gasteiger partial charge >= 0.3 is 11.9 Å². The first-order valence-corrected chi connectivity index (χ1v) is 10.6. The molecule has 7 heteroatoms. The highest BCUT2D eigenvalue weighted by molar-refractivity contribution is 5.92. The maximum atomic E-state index is 13.9. The van der Waals surface area contributed by atoms with E-state index in [0.717, 1.165) is 5.56 Å². The Morgan fingerprint density at radius 3 is 2.57 bits per heavy atom. The van der Waals surface area contributed by atoms with Gasteiger partial charge < -0.3 is 13.9 Å². The Balaban J connectivity index is 1.81. The van der Waals surface area contributed by atoms with E-state index in [1.165, 1.54) is 7.11 Å². The summed E-state index contributed by atoms with van der Waals surface area (Å²) in [4.78, 5) is 41.6. The van der Waals surface area contributed by atoms with Crippen molar-refractivity contribution in [3.63, 3.8) is 0 Å². The zero-order chi connectivity index (χ0) is 21.8. The van der Waals surface area contributed by atoms with E-state index in [1.54, 1.807) is 18.6 Å². The molecular weight excluding hydrogens is 386 g/mol. The van der Waals surface area contributed by atoms with E-state index >= 15 is 0 Å². The second-order valence-corrected chi connectivity index (χ2v) is 9.92. The van der Waals surface area contributed by atoms with Crippen molar-refractivity contribution in [2.75, 3.05) is 21.2 Å². The molecule has 2 unspecified atom stereocenters. The molecule has 3 fully saturated rings. The zero-order valence-electron chi connectivity index (χ0n) is 18.3. The lowest BCUT2D eigenvalue weighted by Crippen LogP contribution is -2.66. The number of rotatable bonds is 3. The number of hydrogen-bond acceptors (Lipinski definition) is 7. The van der Waals surface area contributed by atoms with E-state index in [-0.39, 0.29) is 35.6 Å². The molecule has 30 heavy (non-hydrogen) atoms. The summed E-state index contributed by atoms with van der Waals surface area (Å²) in [5.41, 5.74) is -0.366. The third-order valence-corrected chi connectivity index (χ3v) is 8.15. The summed E-state index contributed by atoms with van der Waals surface area (Å²) in [6.07, 6.45) is 4.90. The highest BCUT2D eigenvalue weighted by atomic mass is 16.5. The normalized spacial score (nSPS) is 41.1. The van der Waals surface area contributed by atoms with E-state index in [9.17, 15) is 14.4 Å². The van der Waals surface area contributed by atoms with Crippen molar-refractivity contribution in [1.29, 1.82) is 0 Å². The van der Waals surface area contributed by atoms with E-state index in [4.69, 9.17) is 13.9 Å². The van der Waals surface area contributed by atoms with Gasteiger partial charge in [-0.3, -0.25) is 19.3 Å². The summed E-state index contributed by atoms with van der Waals surface area (Å²) in [6, 6.07) is 1.42. The molecule has 0 spiro atoms. The van der Waals surface area contributed by atoms with Crippen molar-refractivity contribution < 1.29 is 28.3 Å². The number of esters is 2. The molecule has 2 saturated carbocycles. The molecule has 2 heterocycles. The molecule has 0 amide bonds. The Labute approximate surface area is 177 Å². The molecule has 4 rings (SSSR count). The van der Waals surface area contributed by atoms with Gasteiger partial charge in [0.15, 0.2) is 5.78 Å². The van der Waals surface area contributed by atoms with Crippen molar-refractivity contribution >= 4 is 17.7 Å². The van der Waals surface area contributed by atoms with E-state index in [0.29, 0.717) is 25.7 Å². The Morgan fingerprint density at radius 2 is 1.97 bits per heavy atom. The highest BCUT2D eigenvalue weighted by Crippen LogP contribution is 2.65. The largest absolute Gasteiger partial charge is 0.472 e. The molecule has 164 valence electrons. The van der Waals surface area contributed by atoms with Crippen LogP contribution in [0.4, 0.5) is 0 Å². The number of likely N-dealkylation sites (N-methyl/N-ethyl adjacent to an activating group) is 1. The molecule has 2 aliphatic carbocycles. The zero-order valence-corrected chi connectivity index (χ0v) is 18.3. The minimum atomic E-state index is -0.609. The van der Waals surface area contributed by atoms with Gasteiger partial charge in [0.25, 0.3) is 0 Å². The molecular formula is C23H31NO6. The van der Waals surface area contributed by atoms with Gasteiger partial charge in [0.05, 0.1) is 37.5 Å². The summed E-state index contributed by atoms with van der Waals surface area (Å²) >= 11 is 0. The molecule has 7 atom stereocenters. The van der Waals surface area contributed by atoms with Crippen LogP contribution >= 0.6 is 0 Å². The molecule has 0 N–H and O–H groups in total. The average Bonchev–Trinajstić information content (AvgIpc) is 3.21. The number of carbonyl (C=O) groups is 3. The lowest BCUT2D eigenvalue weighted by molar-refractivity contribution is -0.205. The van der Waals surface area contributed by atoms with Crippen LogP contribution in [0.1, 0.15) is 51.2 Å². The smallest absolute Gasteiger partial charge is 0.310 e. The van der Waals surface area contributed by atoms with Crippen molar-refractivity contribution in [2.24, 2.45) is 28.6 Å². The predicted molar refractivity (Wildman–Crippen MR) is 107 cm³/mol. The van der Waals surface area contributed by atoms with Gasteiger partial charge in [-0.2, -0.15) is 0 Å². The van der Waals surface area contributed by atoms with Gasteiger partial charge in [-0.05, 0) is 56.7 Å². The molecule has 1 saturated heterocycles. The number of ketones is 1. The van der Waals surface area contributed by atoms with Crippen molar-refractivity contribution in [3.05, 3.63) is 24.2 Å². The number of hydrogen-bond donors (Lipinski definition) is 0. The predicted octanol–water partition coefficient (Wildman–Crippen LogP) is 3.00. The van der Waals surface area contributed by atoms with E-state index in [2.05, 4.69) is 0 Å². The molecule has 7 nitrogen and oxygen atoms in total. The van der Waals surface area contributed by atoms with Crippen molar-refractivity contribution in [1.82, 2.24) is 4.90 Å². The van der Waals surface area contributed by atoms with E-state index in [1.807, 2.05) is 32.8 Å². The second-order valence-electron chi connectivity index (χ2n) is 9.92. The summed E-state index contributed by atoms with van der Waals surface area (Å²) in [6.45, 7) is 4.08. The van der Waals surface area contributed by atoms with Crippen LogP contribution in [-0.2, 0) is 23.9 Å². The lowest BCUT2D eigenvalue weighted by atomic mass is 9.42. The van der Waals surface area contributed by atoms with Crippen LogP contribution < -0.4 is 0 Å². The molecule has 0 aromatic carbocycles. The summed E-state index contributed by atoms with van der Waals surface area (Å²) in [5, 5.41) is 0. The maximum Gasteiger partial charge on any atom is 0.310 e. The molecule has 1 aliphatic heterocycles. The fourth-order valence-electron chi connectivity index (χ4n) is 6.64. The first kappa shape index (κ1) is 21.1. The van der Waals surface area contributed by atoms with E-state index < -0.39 is 22.9 Å². The number of fused-ring (bicyclic) bond motifs is 3. The first-order valence-electron chi connectivity index (χ1n) is 10.6. The standard InChI is InChI=1S/C23H31NO6/c1-22-8-6-14-21(27)30-17(13-7-9-29-12-13)11-23(14,2)19(22)18(25)16(24(3)4)10-15(22)20(26)28-5/h7,9,12,14-17,19H,6,8,10-11H2,1-5H3/t14?,15-,16+,17-,19?,22-,23-/m0/s1. The number of carbonyl (C=O) groups excluding carboxylic acids is 3. The topological polar surface area (TPSA) is 86.1 Å². The lowest BCUT2D eigenvalue weighted by Gasteiger charge is -2.61. The van der Waals surface area contributed by atoms with Crippen LogP contribution in [0, 0.1) is 28.6 Å². The molecule has 1 aromatic heterocycles. The Morgan fingerprint density at radius 1 is 1.23 bits per heavy atom. The van der Waals surface area contributed by atoms with Crippen LogP contribution in [0.2, 0.25) is 0 Å². The number of methoxy groups -OCH3 is 1. The summed E-state index contributed by atoms with van der Waals surface area (Å²) < 4.78 is 16.1. The highest BCUT2D eigenvalue weighted by Gasteiger charge is 2.67. The molecule has 1 aromatic rings. The summed E-state index contributed by atoms with van der Waals surface area (Å²) in [7, 11) is 5.14. The minimum absolute atomic E-state index is 0.121. The van der Waals surface area contributed by atoms with Crippen LogP contribution in [0.25, 0.3) is 0 Å². The fourth-order valence-corrected chi connectivity index (χ4v) is 6.64. The average molecular weight is 418 g/mol. The number of cyclic esters (lactones) is 1. The molecule has 0 radical (unpaired) electrons. The SMILES string of the molecule is COC(=O)[C@@H]1C[C@@H](N(C)C)C(=O)C2[C@@]3(C)C[C@@H](c4ccoc4)OC(=O)C3CC[C@]21C. The third kappa shape index (κ3) is 2.93. The summed E-state index contributed by atoms with van der Waals surface area (Å²) in [5.74, 6) is -1.59. The molecule has 0 bridgehead atoms. The quantitative estimate of drug-likeness (QED) is 0.699. The monoisotopic (exact) mass is 417 g/mol. The van der Waals surface area contributed by atoms with Gasteiger partial charge in [0, 0.05) is 11.5 Å². The van der Waals surface area contributed by atoms with Crippen LogP contribution in [-0.4, -0.2) is 49.9 Å². The number of ether oxygens (including phenoxy) is 2. The van der Waals surface area contributed by atoms with Gasteiger partial charge in [0.2, 0.25) is 0 Å². The second kappa shape index (κ2) is 7.22. The fraction of sp³-hybridized carbons (Fsp3) is 0.696. The van der Waals surface area contributed by atoms with Crippen molar-refractivity contribution in [3.8, 4) is 0 Å². The van der Waals surface area contributed by atoms with Crippen LogP contribution in [0.15, 0.2) is 23.0 Å². The Kier molecular flexibility index (Phi) is 5.08. The van der Waals surface area contributed by atoms with Gasteiger partial charge in [-0.1, -0.05) is 13.8 Å². The Hall–Kier alpha value is -2.15. The number of furan rings is 1. The van der Waals surface area contributed by atoms with Crippen LogP contribution in [0.3, 0.4) is 0 Å². The maximum absolute atomic E-state index is 13.9.